The number of amides is 1. The van der Waals surface area contributed by atoms with Crippen LogP contribution in [0.1, 0.15) is 27.3 Å². The van der Waals surface area contributed by atoms with Gasteiger partial charge < -0.3 is 15.4 Å². The smallest absolute Gasteiger partial charge is 0.274 e. The lowest BCUT2D eigenvalue weighted by Gasteiger charge is -2.13. The number of benzene rings is 2. The predicted octanol–water partition coefficient (Wildman–Crippen LogP) is 5.06. The van der Waals surface area contributed by atoms with E-state index in [1.54, 1.807) is 38.3 Å². The van der Waals surface area contributed by atoms with Gasteiger partial charge in [-0.05, 0) is 62.2 Å². The first kappa shape index (κ1) is 19.6. The quantitative estimate of drug-likeness (QED) is 0.630. The van der Waals surface area contributed by atoms with Crippen LogP contribution in [0.4, 0.5) is 17.3 Å². The molecule has 0 aliphatic rings. The van der Waals surface area contributed by atoms with Gasteiger partial charge in [-0.2, -0.15) is 0 Å². The van der Waals surface area contributed by atoms with Crippen molar-refractivity contribution in [3.05, 3.63) is 70.0 Å². The van der Waals surface area contributed by atoms with E-state index in [-0.39, 0.29) is 17.5 Å². The molecule has 0 saturated heterocycles. The molecule has 1 amide bonds. The minimum absolute atomic E-state index is 0.261. The fourth-order valence-electron chi connectivity index (χ4n) is 2.71. The number of nitrogens with one attached hydrogen (secondary N) is 2. The number of carbonyl (C=O) groups is 1. The van der Waals surface area contributed by atoms with Gasteiger partial charge in [0.1, 0.15) is 11.4 Å². The first-order valence-electron chi connectivity index (χ1n) is 8.71. The summed E-state index contributed by atoms with van der Waals surface area (Å²) in [5, 5.41) is 6.53. The molecule has 0 radical (unpaired) electrons. The normalized spacial score (nSPS) is 10.5. The molecule has 2 N–H and O–H groups in total. The Bertz CT molecular complexity index is 1040. The van der Waals surface area contributed by atoms with E-state index < -0.39 is 0 Å². The van der Waals surface area contributed by atoms with Crippen LogP contribution in [0.2, 0.25) is 5.02 Å². The van der Waals surface area contributed by atoms with Crippen molar-refractivity contribution in [3.8, 4) is 5.75 Å². The molecule has 6 nitrogen and oxygen atoms in total. The highest BCUT2D eigenvalue weighted by atomic mass is 35.5. The highest BCUT2D eigenvalue weighted by Crippen LogP contribution is 2.29. The molecular weight excluding hydrogens is 376 g/mol. The number of anilines is 3. The molecule has 1 aromatic heterocycles. The van der Waals surface area contributed by atoms with Crippen LogP contribution in [0.3, 0.4) is 0 Å². The van der Waals surface area contributed by atoms with E-state index in [9.17, 15) is 4.79 Å². The summed E-state index contributed by atoms with van der Waals surface area (Å²) >= 11 is 6.07. The Morgan fingerprint density at radius 1 is 1.04 bits per heavy atom. The molecule has 0 unspecified atom stereocenters. The van der Waals surface area contributed by atoms with Crippen molar-refractivity contribution in [1.29, 1.82) is 0 Å². The van der Waals surface area contributed by atoms with Gasteiger partial charge in [0, 0.05) is 16.4 Å². The number of hydrogen-bond acceptors (Lipinski definition) is 5. The first-order valence-corrected chi connectivity index (χ1v) is 9.09. The lowest BCUT2D eigenvalue weighted by molar-refractivity contribution is 0.102. The zero-order chi connectivity index (χ0) is 20.3. The van der Waals surface area contributed by atoms with Crippen LogP contribution in [0.25, 0.3) is 0 Å². The third-order valence-corrected chi connectivity index (χ3v) is 4.58. The lowest BCUT2D eigenvalue weighted by atomic mass is 10.1. The van der Waals surface area contributed by atoms with Crippen LogP contribution in [0.5, 0.6) is 5.75 Å². The van der Waals surface area contributed by atoms with Crippen LogP contribution in [-0.4, -0.2) is 23.0 Å². The largest absolute Gasteiger partial charge is 0.495 e. The monoisotopic (exact) mass is 396 g/mol. The number of nitrogens with zero attached hydrogens (tertiary/aromatic N) is 2. The molecule has 0 saturated carbocycles. The van der Waals surface area contributed by atoms with E-state index in [0.717, 1.165) is 16.8 Å². The zero-order valence-corrected chi connectivity index (χ0v) is 16.9. The molecule has 7 heteroatoms. The Balaban J connectivity index is 1.88. The molecule has 0 aliphatic heterocycles. The van der Waals surface area contributed by atoms with Gasteiger partial charge in [-0.25, -0.2) is 9.97 Å². The van der Waals surface area contributed by atoms with Crippen molar-refractivity contribution < 1.29 is 9.53 Å². The maximum Gasteiger partial charge on any atom is 0.274 e. The predicted molar refractivity (Wildman–Crippen MR) is 112 cm³/mol. The number of carbonyl (C=O) groups excluding carboxylic acids is 1. The number of rotatable bonds is 5. The van der Waals surface area contributed by atoms with Crippen molar-refractivity contribution in [3.63, 3.8) is 0 Å². The number of aryl methyl sites for hydroxylation is 2. The van der Waals surface area contributed by atoms with Crippen molar-refractivity contribution in [2.24, 2.45) is 0 Å². The van der Waals surface area contributed by atoms with Crippen molar-refractivity contribution in [2.75, 3.05) is 17.7 Å². The van der Waals surface area contributed by atoms with Crippen molar-refractivity contribution in [1.82, 2.24) is 9.97 Å². The molecule has 0 aliphatic carbocycles. The van der Waals surface area contributed by atoms with E-state index in [1.165, 1.54) is 0 Å². The fourth-order valence-corrected chi connectivity index (χ4v) is 2.88. The molecule has 28 heavy (non-hydrogen) atoms. The second-order valence-corrected chi connectivity index (χ2v) is 6.83. The second-order valence-electron chi connectivity index (χ2n) is 6.39. The number of ether oxygens (including phenoxy) is 1. The molecule has 0 atom stereocenters. The molecule has 0 fully saturated rings. The molecule has 144 valence electrons. The zero-order valence-electron chi connectivity index (χ0n) is 16.1. The van der Waals surface area contributed by atoms with Gasteiger partial charge in [0.2, 0.25) is 5.95 Å². The van der Waals surface area contributed by atoms with Crippen molar-refractivity contribution in [2.45, 2.75) is 20.8 Å². The summed E-state index contributed by atoms with van der Waals surface area (Å²) in [7, 11) is 1.56. The number of halogens is 1. The molecule has 3 rings (SSSR count). The van der Waals surface area contributed by atoms with Crippen LogP contribution < -0.4 is 15.4 Å². The molecule has 0 bridgehead atoms. The van der Waals surface area contributed by atoms with Gasteiger partial charge in [0.25, 0.3) is 5.91 Å². The van der Waals surface area contributed by atoms with E-state index in [0.29, 0.717) is 22.2 Å². The summed E-state index contributed by atoms with van der Waals surface area (Å²) in [5.41, 5.74) is 4.41. The van der Waals surface area contributed by atoms with Crippen LogP contribution in [0.15, 0.2) is 42.5 Å². The van der Waals surface area contributed by atoms with Crippen LogP contribution in [-0.2, 0) is 0 Å². The molecule has 0 spiro atoms. The summed E-state index contributed by atoms with van der Waals surface area (Å²) in [4.78, 5) is 21.4. The lowest BCUT2D eigenvalue weighted by Crippen LogP contribution is -2.16. The highest BCUT2D eigenvalue weighted by molar-refractivity contribution is 6.31. The van der Waals surface area contributed by atoms with Gasteiger partial charge in [-0.1, -0.05) is 23.7 Å². The minimum Gasteiger partial charge on any atom is -0.495 e. The Labute approximate surface area is 168 Å². The van der Waals surface area contributed by atoms with Gasteiger partial charge in [0.15, 0.2) is 0 Å². The maximum atomic E-state index is 12.7. The minimum atomic E-state index is -0.305. The molecule has 1 heterocycles. The third-order valence-electron chi connectivity index (χ3n) is 4.35. The summed E-state index contributed by atoms with van der Waals surface area (Å²) in [6.45, 7) is 5.77. The van der Waals surface area contributed by atoms with Gasteiger partial charge in [0.05, 0.1) is 12.8 Å². The van der Waals surface area contributed by atoms with Gasteiger partial charge >= 0.3 is 0 Å². The van der Waals surface area contributed by atoms with Crippen LogP contribution >= 0.6 is 11.6 Å². The van der Waals surface area contributed by atoms with E-state index in [4.69, 9.17) is 16.3 Å². The second kappa shape index (κ2) is 8.27. The fraction of sp³-hybridized carbons (Fsp3) is 0.190. The topological polar surface area (TPSA) is 76.1 Å². The molecule has 3 aromatic rings. The van der Waals surface area contributed by atoms with Gasteiger partial charge in [-0.15, -0.1) is 0 Å². The Hall–Kier alpha value is -3.12. The average molecular weight is 397 g/mol. The summed E-state index contributed by atoms with van der Waals surface area (Å²) in [6.07, 6.45) is 0. The van der Waals surface area contributed by atoms with E-state index in [2.05, 4.69) is 20.6 Å². The summed E-state index contributed by atoms with van der Waals surface area (Å²) < 4.78 is 5.33. The Morgan fingerprint density at radius 2 is 1.82 bits per heavy atom. The first-order chi connectivity index (χ1) is 13.4. The van der Waals surface area contributed by atoms with Crippen LogP contribution in [0, 0.1) is 20.8 Å². The Kier molecular flexibility index (Phi) is 5.80. The standard InChI is InChI=1S/C21H21ClN4O2/c1-12-6-5-7-16(14(12)3)24-20(27)18-10-13(2)23-21(26-18)25-17-11-15(22)8-9-19(17)28-4/h5-11H,1-4H3,(H,24,27)(H,23,25,26). The average Bonchev–Trinajstić information content (AvgIpc) is 2.65. The summed E-state index contributed by atoms with van der Waals surface area (Å²) in [6, 6.07) is 12.6. The number of aromatic nitrogens is 2. The van der Waals surface area contributed by atoms with Crippen molar-refractivity contribution >= 4 is 34.8 Å². The molecule has 2 aromatic carbocycles. The van der Waals surface area contributed by atoms with E-state index >= 15 is 0 Å². The molecular formula is C21H21ClN4O2. The number of methoxy groups -OCH3 is 1. The SMILES string of the molecule is COc1ccc(Cl)cc1Nc1nc(C)cc(C(=O)Nc2cccc(C)c2C)n1. The summed E-state index contributed by atoms with van der Waals surface area (Å²) in [5.74, 6) is 0.572. The van der Waals surface area contributed by atoms with Gasteiger partial charge in [-0.3, -0.25) is 4.79 Å². The maximum absolute atomic E-state index is 12.7. The highest BCUT2D eigenvalue weighted by Gasteiger charge is 2.14. The number of hydrogen-bond donors (Lipinski definition) is 2. The Morgan fingerprint density at radius 3 is 2.57 bits per heavy atom. The third kappa shape index (κ3) is 4.40. The van der Waals surface area contributed by atoms with E-state index in [1.807, 2.05) is 32.0 Å².